The summed E-state index contributed by atoms with van der Waals surface area (Å²) in [5, 5.41) is 3.35. The maximum Gasteiger partial charge on any atom is 0.193 e. The van der Waals surface area contributed by atoms with E-state index in [2.05, 4.69) is 39.7 Å². The summed E-state index contributed by atoms with van der Waals surface area (Å²) in [7, 11) is 2.84. The van der Waals surface area contributed by atoms with E-state index in [0.717, 1.165) is 12.5 Å². The smallest absolute Gasteiger partial charge is 0.193 e. The lowest BCUT2D eigenvalue weighted by atomic mass is 9.90. The van der Waals surface area contributed by atoms with Gasteiger partial charge < -0.3 is 14.8 Å². The summed E-state index contributed by atoms with van der Waals surface area (Å²) in [6.07, 6.45) is 3.92. The Bertz CT molecular complexity index is 632. The normalized spacial score (nSPS) is 13.2. The van der Waals surface area contributed by atoms with E-state index in [1.165, 1.54) is 11.9 Å². The first-order valence-electron chi connectivity index (χ1n) is 7.74. The molecule has 1 heterocycles. The minimum absolute atomic E-state index is 0.120. The molecule has 0 atom stereocenters. The quantitative estimate of drug-likeness (QED) is 0.602. The van der Waals surface area contributed by atoms with E-state index in [4.69, 9.17) is 0 Å². The molecule has 1 rings (SSSR count). The van der Waals surface area contributed by atoms with Gasteiger partial charge in [-0.05, 0) is 24.0 Å². The third kappa shape index (κ3) is 7.07. The zero-order valence-corrected chi connectivity index (χ0v) is 15.9. The van der Waals surface area contributed by atoms with E-state index >= 15 is 0 Å². The zero-order valence-electron chi connectivity index (χ0n) is 15.1. The number of rotatable bonds is 7. The molecule has 0 aliphatic carbocycles. The van der Waals surface area contributed by atoms with E-state index in [1.807, 2.05) is 26.4 Å². The van der Waals surface area contributed by atoms with Crippen LogP contribution in [0.4, 0.5) is 0 Å². The van der Waals surface area contributed by atoms with Crippen molar-refractivity contribution in [2.45, 2.75) is 26.8 Å². The topological polar surface area (TPSA) is 66.7 Å². The largest absolute Gasteiger partial charge is 0.356 e. The lowest BCUT2D eigenvalue weighted by Gasteiger charge is -2.28. The van der Waals surface area contributed by atoms with E-state index in [1.54, 1.807) is 7.05 Å². The first-order chi connectivity index (χ1) is 10.5. The first-order valence-corrected chi connectivity index (χ1v) is 9.80. The predicted molar refractivity (Wildman–Crippen MR) is 96.4 cm³/mol. The second-order valence-electron chi connectivity index (χ2n) is 6.91. The third-order valence-electron chi connectivity index (χ3n) is 3.90. The fraction of sp³-hybridized carbons (Fsp3) is 0.688. The monoisotopic (exact) mass is 342 g/mol. The lowest BCUT2D eigenvalue weighted by molar-refractivity contribution is 0.339. The Morgan fingerprint density at radius 1 is 1.43 bits per heavy atom. The van der Waals surface area contributed by atoms with Crippen LogP contribution < -0.4 is 5.32 Å². The maximum atomic E-state index is 11.3. The fourth-order valence-corrected chi connectivity index (χ4v) is 3.16. The van der Waals surface area contributed by atoms with Gasteiger partial charge in [0, 0.05) is 45.8 Å². The van der Waals surface area contributed by atoms with Crippen LogP contribution >= 0.6 is 0 Å². The second kappa shape index (κ2) is 7.86. The summed E-state index contributed by atoms with van der Waals surface area (Å²) in [5.74, 6) is 1.01. The average Bonchev–Trinajstić information content (AvgIpc) is 2.82. The minimum atomic E-state index is -2.93. The highest BCUT2D eigenvalue weighted by molar-refractivity contribution is 7.90. The van der Waals surface area contributed by atoms with E-state index in [0.29, 0.717) is 13.0 Å². The molecule has 1 aromatic heterocycles. The summed E-state index contributed by atoms with van der Waals surface area (Å²) in [6, 6.07) is 4.10. The van der Waals surface area contributed by atoms with Crippen molar-refractivity contribution in [3.63, 3.8) is 0 Å². The molecule has 0 bridgehead atoms. The molecule has 0 spiro atoms. The Balaban J connectivity index is 2.57. The van der Waals surface area contributed by atoms with Gasteiger partial charge in [-0.25, -0.2) is 8.42 Å². The lowest BCUT2D eigenvalue weighted by Crippen LogP contribution is -2.43. The molecule has 0 aliphatic rings. The minimum Gasteiger partial charge on any atom is -0.356 e. The summed E-state index contributed by atoms with van der Waals surface area (Å²) in [4.78, 5) is 6.37. The third-order valence-corrected chi connectivity index (χ3v) is 4.84. The molecule has 0 aromatic carbocycles. The predicted octanol–water partition coefficient (Wildman–Crippen LogP) is 1.49. The van der Waals surface area contributed by atoms with Crippen molar-refractivity contribution in [1.29, 1.82) is 0 Å². The van der Waals surface area contributed by atoms with Crippen molar-refractivity contribution in [3.05, 3.63) is 24.0 Å². The first kappa shape index (κ1) is 19.5. The summed E-state index contributed by atoms with van der Waals surface area (Å²) >= 11 is 0. The second-order valence-corrected chi connectivity index (χ2v) is 9.17. The van der Waals surface area contributed by atoms with E-state index in [-0.39, 0.29) is 11.2 Å². The molecule has 0 unspecified atom stereocenters. The molecule has 0 radical (unpaired) electrons. The van der Waals surface area contributed by atoms with Crippen LogP contribution in [-0.4, -0.2) is 56.5 Å². The molecule has 0 saturated heterocycles. The van der Waals surface area contributed by atoms with Crippen LogP contribution in [0.25, 0.3) is 0 Å². The SMILES string of the molecule is CN=C(NCC(C)(C)CCS(C)(=O)=O)N(C)Cc1cccn1C. The molecular weight excluding hydrogens is 312 g/mol. The zero-order chi connectivity index (χ0) is 17.7. The average molecular weight is 343 g/mol. The van der Waals surface area contributed by atoms with Gasteiger partial charge in [0.05, 0.1) is 12.3 Å². The molecule has 6 nitrogen and oxygen atoms in total. The number of aliphatic imine (C=N–C) groups is 1. The highest BCUT2D eigenvalue weighted by Crippen LogP contribution is 2.20. The number of guanidine groups is 1. The highest BCUT2D eigenvalue weighted by Gasteiger charge is 2.21. The summed E-state index contributed by atoms with van der Waals surface area (Å²) in [6.45, 7) is 5.56. The molecule has 7 heteroatoms. The number of aromatic nitrogens is 1. The summed E-state index contributed by atoms with van der Waals surface area (Å²) in [5.41, 5.74) is 1.08. The van der Waals surface area contributed by atoms with Gasteiger partial charge in [-0.3, -0.25) is 4.99 Å². The molecule has 0 aliphatic heterocycles. The molecule has 0 fully saturated rings. The number of aryl methyl sites for hydroxylation is 1. The van der Waals surface area contributed by atoms with Crippen molar-refractivity contribution >= 4 is 15.8 Å². The summed E-state index contributed by atoms with van der Waals surface area (Å²) < 4.78 is 24.8. The number of nitrogens with zero attached hydrogens (tertiary/aromatic N) is 3. The van der Waals surface area contributed by atoms with E-state index < -0.39 is 9.84 Å². The van der Waals surface area contributed by atoms with Crippen molar-refractivity contribution in [2.75, 3.05) is 32.6 Å². The Morgan fingerprint density at radius 2 is 2.09 bits per heavy atom. The van der Waals surface area contributed by atoms with Crippen LogP contribution in [0.15, 0.2) is 23.3 Å². The number of nitrogens with one attached hydrogen (secondary N) is 1. The Hall–Kier alpha value is -1.50. The molecular formula is C16H30N4O2S. The van der Waals surface area contributed by atoms with Gasteiger partial charge in [-0.2, -0.15) is 0 Å². The Kier molecular flexibility index (Phi) is 6.68. The van der Waals surface area contributed by atoms with Gasteiger partial charge in [0.25, 0.3) is 0 Å². The van der Waals surface area contributed by atoms with Gasteiger partial charge in [-0.15, -0.1) is 0 Å². The molecule has 0 saturated carbocycles. The van der Waals surface area contributed by atoms with Crippen LogP contribution in [0.2, 0.25) is 0 Å². The van der Waals surface area contributed by atoms with Crippen molar-refractivity contribution in [1.82, 2.24) is 14.8 Å². The van der Waals surface area contributed by atoms with Gasteiger partial charge in [0.15, 0.2) is 5.96 Å². The van der Waals surface area contributed by atoms with Gasteiger partial charge >= 0.3 is 0 Å². The van der Waals surface area contributed by atoms with Crippen molar-refractivity contribution in [3.8, 4) is 0 Å². The Labute approximate surface area is 140 Å². The van der Waals surface area contributed by atoms with Gasteiger partial charge in [0.2, 0.25) is 0 Å². The number of hydrogen-bond donors (Lipinski definition) is 1. The van der Waals surface area contributed by atoms with Crippen molar-refractivity contribution in [2.24, 2.45) is 17.5 Å². The van der Waals surface area contributed by atoms with Crippen molar-refractivity contribution < 1.29 is 8.42 Å². The Morgan fingerprint density at radius 3 is 2.57 bits per heavy atom. The van der Waals surface area contributed by atoms with Crippen LogP contribution in [-0.2, 0) is 23.4 Å². The standard InChI is InChI=1S/C16H30N4O2S/c1-16(2,9-11-23(6,21)22)13-18-15(17-3)20(5)12-14-8-7-10-19(14)4/h7-8,10H,9,11-13H2,1-6H3,(H,17,18). The number of hydrogen-bond acceptors (Lipinski definition) is 3. The highest BCUT2D eigenvalue weighted by atomic mass is 32.2. The van der Waals surface area contributed by atoms with Crippen LogP contribution in [0.5, 0.6) is 0 Å². The van der Waals surface area contributed by atoms with Crippen LogP contribution in [0, 0.1) is 5.41 Å². The number of sulfone groups is 1. The van der Waals surface area contributed by atoms with Gasteiger partial charge in [-0.1, -0.05) is 13.8 Å². The molecule has 1 aromatic rings. The molecule has 0 amide bonds. The van der Waals surface area contributed by atoms with Crippen LogP contribution in [0.1, 0.15) is 26.0 Å². The fourth-order valence-electron chi connectivity index (χ4n) is 2.23. The molecule has 23 heavy (non-hydrogen) atoms. The van der Waals surface area contributed by atoms with Crippen LogP contribution in [0.3, 0.4) is 0 Å². The molecule has 1 N–H and O–H groups in total. The molecule has 132 valence electrons. The maximum absolute atomic E-state index is 11.3. The van der Waals surface area contributed by atoms with E-state index in [9.17, 15) is 8.42 Å². The van der Waals surface area contributed by atoms with Gasteiger partial charge in [0.1, 0.15) is 9.84 Å².